The molecule has 0 aliphatic heterocycles. The van der Waals surface area contributed by atoms with E-state index in [1.165, 1.54) is 0 Å². The van der Waals surface area contributed by atoms with E-state index in [4.69, 9.17) is 14.2 Å². The van der Waals surface area contributed by atoms with Gasteiger partial charge >= 0.3 is 0 Å². The maximum Gasteiger partial charge on any atom is 0.191 e. The SMILES string of the molecule is CCNC(=NCc1c(OC)cc(OC)cc1OC)NCc1ccccn1. The largest absolute Gasteiger partial charge is 0.496 e. The molecule has 0 amide bonds. The lowest BCUT2D eigenvalue weighted by Crippen LogP contribution is -2.37. The molecule has 0 atom stereocenters. The third-order valence-corrected chi connectivity index (χ3v) is 3.72. The minimum atomic E-state index is 0.397. The number of hydrogen-bond donors (Lipinski definition) is 2. The summed E-state index contributed by atoms with van der Waals surface area (Å²) in [5.41, 5.74) is 1.79. The number of nitrogens with one attached hydrogen (secondary N) is 2. The molecular formula is C19H26N4O3. The normalized spacial score (nSPS) is 11.0. The zero-order valence-corrected chi connectivity index (χ0v) is 15.7. The quantitative estimate of drug-likeness (QED) is 0.557. The maximum atomic E-state index is 5.47. The highest BCUT2D eigenvalue weighted by molar-refractivity contribution is 5.79. The standard InChI is InChI=1S/C19H26N4O3/c1-5-20-19(22-12-14-8-6-7-9-21-14)23-13-16-17(25-3)10-15(24-2)11-18(16)26-4/h6-11H,5,12-13H2,1-4H3,(H2,20,22,23). The van der Waals surface area contributed by atoms with Crippen LogP contribution in [0.15, 0.2) is 41.5 Å². The fourth-order valence-electron chi connectivity index (χ4n) is 2.41. The third-order valence-electron chi connectivity index (χ3n) is 3.72. The lowest BCUT2D eigenvalue weighted by Gasteiger charge is -2.15. The monoisotopic (exact) mass is 358 g/mol. The van der Waals surface area contributed by atoms with Gasteiger partial charge in [0.1, 0.15) is 17.2 Å². The van der Waals surface area contributed by atoms with Crippen LogP contribution in [0.25, 0.3) is 0 Å². The second-order valence-corrected chi connectivity index (χ2v) is 5.38. The first-order valence-electron chi connectivity index (χ1n) is 8.42. The Morgan fingerprint density at radius 1 is 1.04 bits per heavy atom. The van der Waals surface area contributed by atoms with Crippen molar-refractivity contribution in [1.29, 1.82) is 0 Å². The van der Waals surface area contributed by atoms with Crippen LogP contribution in [0.1, 0.15) is 18.2 Å². The second kappa shape index (κ2) is 10.1. The molecule has 7 nitrogen and oxygen atoms in total. The number of pyridine rings is 1. The van der Waals surface area contributed by atoms with Crippen molar-refractivity contribution in [3.8, 4) is 17.2 Å². The Morgan fingerprint density at radius 3 is 2.31 bits per heavy atom. The fraction of sp³-hybridized carbons (Fsp3) is 0.368. The molecule has 140 valence electrons. The number of benzene rings is 1. The Balaban J connectivity index is 2.17. The molecule has 1 aromatic carbocycles. The van der Waals surface area contributed by atoms with Crippen molar-refractivity contribution in [2.24, 2.45) is 4.99 Å². The first kappa shape index (κ1) is 19.4. The van der Waals surface area contributed by atoms with Crippen molar-refractivity contribution in [2.75, 3.05) is 27.9 Å². The predicted octanol–water partition coefficient (Wildman–Crippen LogP) is 2.36. The molecular weight excluding hydrogens is 332 g/mol. The molecule has 0 fully saturated rings. The van der Waals surface area contributed by atoms with Gasteiger partial charge in [0.2, 0.25) is 0 Å². The highest BCUT2D eigenvalue weighted by atomic mass is 16.5. The summed E-state index contributed by atoms with van der Waals surface area (Å²) >= 11 is 0. The van der Waals surface area contributed by atoms with Gasteiger partial charge in [-0.05, 0) is 19.1 Å². The summed E-state index contributed by atoms with van der Waals surface area (Å²) in [7, 11) is 4.84. The Morgan fingerprint density at radius 2 is 1.77 bits per heavy atom. The van der Waals surface area contributed by atoms with Crippen molar-refractivity contribution < 1.29 is 14.2 Å². The molecule has 0 saturated carbocycles. The third kappa shape index (κ3) is 5.27. The van der Waals surface area contributed by atoms with Crippen LogP contribution in [0.2, 0.25) is 0 Å². The number of rotatable bonds is 8. The van der Waals surface area contributed by atoms with E-state index in [-0.39, 0.29) is 0 Å². The molecule has 26 heavy (non-hydrogen) atoms. The van der Waals surface area contributed by atoms with E-state index in [0.717, 1.165) is 17.8 Å². The Hall–Kier alpha value is -2.96. The zero-order chi connectivity index (χ0) is 18.8. The van der Waals surface area contributed by atoms with E-state index in [2.05, 4.69) is 20.6 Å². The Labute approximate surface area is 154 Å². The molecule has 2 N–H and O–H groups in total. The average molecular weight is 358 g/mol. The molecule has 1 heterocycles. The Bertz CT molecular complexity index is 695. The van der Waals surface area contributed by atoms with Crippen LogP contribution in [-0.4, -0.2) is 38.8 Å². The van der Waals surface area contributed by atoms with E-state index in [1.807, 2.05) is 37.3 Å². The van der Waals surface area contributed by atoms with Crippen molar-refractivity contribution in [3.05, 3.63) is 47.8 Å². The number of methoxy groups -OCH3 is 3. The highest BCUT2D eigenvalue weighted by Crippen LogP contribution is 2.34. The summed E-state index contributed by atoms with van der Waals surface area (Å²) in [6.45, 7) is 3.76. The van der Waals surface area contributed by atoms with E-state index in [0.29, 0.717) is 36.3 Å². The van der Waals surface area contributed by atoms with Gasteiger partial charge in [-0.1, -0.05) is 6.07 Å². The van der Waals surface area contributed by atoms with Crippen LogP contribution in [0.5, 0.6) is 17.2 Å². The molecule has 7 heteroatoms. The lowest BCUT2D eigenvalue weighted by molar-refractivity contribution is 0.369. The molecule has 0 saturated heterocycles. The van der Waals surface area contributed by atoms with E-state index in [9.17, 15) is 0 Å². The zero-order valence-electron chi connectivity index (χ0n) is 15.7. The molecule has 2 rings (SSSR count). The summed E-state index contributed by atoms with van der Waals surface area (Å²) in [5, 5.41) is 6.50. The number of aromatic nitrogens is 1. The molecule has 2 aromatic rings. The fourth-order valence-corrected chi connectivity index (χ4v) is 2.41. The summed E-state index contributed by atoms with van der Waals surface area (Å²) in [6.07, 6.45) is 1.77. The van der Waals surface area contributed by atoms with Gasteiger partial charge in [0.05, 0.1) is 45.7 Å². The van der Waals surface area contributed by atoms with Crippen LogP contribution in [0, 0.1) is 0 Å². The van der Waals surface area contributed by atoms with Crippen LogP contribution >= 0.6 is 0 Å². The first-order valence-corrected chi connectivity index (χ1v) is 8.42. The number of hydrogen-bond acceptors (Lipinski definition) is 5. The van der Waals surface area contributed by atoms with E-state index in [1.54, 1.807) is 27.5 Å². The smallest absolute Gasteiger partial charge is 0.191 e. The molecule has 0 radical (unpaired) electrons. The second-order valence-electron chi connectivity index (χ2n) is 5.38. The molecule has 0 bridgehead atoms. The van der Waals surface area contributed by atoms with Gasteiger partial charge in [-0.3, -0.25) is 4.98 Å². The molecule has 0 unspecified atom stereocenters. The van der Waals surface area contributed by atoms with Gasteiger partial charge in [0.15, 0.2) is 5.96 Å². The van der Waals surface area contributed by atoms with Gasteiger partial charge in [0, 0.05) is 24.9 Å². The van der Waals surface area contributed by atoms with Gasteiger partial charge in [-0.15, -0.1) is 0 Å². The average Bonchev–Trinajstić information content (AvgIpc) is 2.70. The Kier molecular flexibility index (Phi) is 7.54. The minimum absolute atomic E-state index is 0.397. The van der Waals surface area contributed by atoms with E-state index < -0.39 is 0 Å². The van der Waals surface area contributed by atoms with Gasteiger partial charge in [0.25, 0.3) is 0 Å². The van der Waals surface area contributed by atoms with Crippen LogP contribution in [0.3, 0.4) is 0 Å². The molecule has 1 aromatic heterocycles. The van der Waals surface area contributed by atoms with Crippen LogP contribution in [0.4, 0.5) is 0 Å². The molecule has 0 spiro atoms. The highest BCUT2D eigenvalue weighted by Gasteiger charge is 2.13. The number of aliphatic imine (C=N–C) groups is 1. The topological polar surface area (TPSA) is 77.0 Å². The van der Waals surface area contributed by atoms with Crippen molar-refractivity contribution in [2.45, 2.75) is 20.0 Å². The van der Waals surface area contributed by atoms with Crippen LogP contribution < -0.4 is 24.8 Å². The van der Waals surface area contributed by atoms with Crippen molar-refractivity contribution >= 4 is 5.96 Å². The van der Waals surface area contributed by atoms with Gasteiger partial charge in [-0.2, -0.15) is 0 Å². The summed E-state index contributed by atoms with van der Waals surface area (Å²) < 4.78 is 16.2. The molecule has 0 aliphatic carbocycles. The lowest BCUT2D eigenvalue weighted by atomic mass is 10.1. The van der Waals surface area contributed by atoms with Crippen molar-refractivity contribution in [3.63, 3.8) is 0 Å². The first-order chi connectivity index (χ1) is 12.7. The number of guanidine groups is 1. The predicted molar refractivity (Wildman–Crippen MR) is 102 cm³/mol. The van der Waals surface area contributed by atoms with Gasteiger partial charge in [-0.25, -0.2) is 4.99 Å². The number of nitrogens with zero attached hydrogens (tertiary/aromatic N) is 2. The summed E-state index contributed by atoms with van der Waals surface area (Å²) in [5.74, 6) is 2.71. The molecule has 0 aliphatic rings. The number of ether oxygens (including phenoxy) is 3. The maximum absolute atomic E-state index is 5.47. The van der Waals surface area contributed by atoms with E-state index >= 15 is 0 Å². The minimum Gasteiger partial charge on any atom is -0.496 e. The summed E-state index contributed by atoms with van der Waals surface area (Å²) in [6, 6.07) is 9.46. The summed E-state index contributed by atoms with van der Waals surface area (Å²) in [4.78, 5) is 8.94. The van der Waals surface area contributed by atoms with Crippen molar-refractivity contribution in [1.82, 2.24) is 15.6 Å². The van der Waals surface area contributed by atoms with Crippen LogP contribution in [-0.2, 0) is 13.1 Å². The van der Waals surface area contributed by atoms with Gasteiger partial charge < -0.3 is 24.8 Å².